The first kappa shape index (κ1) is 17.1. The molecule has 1 N–H and O–H groups in total. The predicted octanol–water partition coefficient (Wildman–Crippen LogP) is 4.53. The van der Waals surface area contributed by atoms with Crippen LogP contribution >= 0.6 is 0 Å². The van der Waals surface area contributed by atoms with Gasteiger partial charge in [-0.15, -0.1) is 0 Å². The molecule has 28 heavy (non-hydrogen) atoms. The van der Waals surface area contributed by atoms with Crippen LogP contribution < -0.4 is 5.56 Å². The van der Waals surface area contributed by atoms with Crippen LogP contribution in [0.1, 0.15) is 37.2 Å². The van der Waals surface area contributed by atoms with E-state index in [0.717, 1.165) is 18.2 Å². The maximum Gasteiger partial charge on any atom is 0.294 e. The zero-order valence-corrected chi connectivity index (χ0v) is 15.5. The summed E-state index contributed by atoms with van der Waals surface area (Å²) in [6.45, 7) is 2.45. The Morgan fingerprint density at radius 1 is 1.21 bits per heavy atom. The van der Waals surface area contributed by atoms with Crippen molar-refractivity contribution in [2.24, 2.45) is 0 Å². The van der Waals surface area contributed by atoms with Crippen LogP contribution in [0.3, 0.4) is 0 Å². The van der Waals surface area contributed by atoms with Crippen molar-refractivity contribution in [3.8, 4) is 0 Å². The fourth-order valence-corrected chi connectivity index (χ4v) is 3.88. The lowest BCUT2D eigenvalue weighted by atomic mass is 10.1. The number of nitrogens with zero attached hydrogens (tertiary/aromatic N) is 2. The summed E-state index contributed by atoms with van der Waals surface area (Å²) in [6, 6.07) is 14.6. The largest absolute Gasteiger partial charge is 0.449 e. The van der Waals surface area contributed by atoms with Crippen molar-refractivity contribution in [3.05, 3.63) is 76.1 Å². The first-order valence-electron chi connectivity index (χ1n) is 9.52. The minimum atomic E-state index is -0.287. The Bertz CT molecular complexity index is 1230. The molecule has 1 aliphatic rings. The molecule has 1 fully saturated rings. The fraction of sp³-hybridized carbons (Fsp3) is 0.273. The third-order valence-corrected chi connectivity index (χ3v) is 5.48. The summed E-state index contributed by atoms with van der Waals surface area (Å²) in [4.78, 5) is 22.3. The van der Waals surface area contributed by atoms with Crippen LogP contribution in [0.25, 0.3) is 22.1 Å². The molecule has 0 spiro atoms. The van der Waals surface area contributed by atoms with E-state index >= 15 is 0 Å². The topological polar surface area (TPSA) is 62.1 Å². The van der Waals surface area contributed by atoms with Crippen molar-refractivity contribution in [3.63, 3.8) is 0 Å². The van der Waals surface area contributed by atoms with Gasteiger partial charge in [0.15, 0.2) is 0 Å². The van der Waals surface area contributed by atoms with Crippen LogP contribution in [0, 0.1) is 5.82 Å². The number of furan rings is 1. The van der Waals surface area contributed by atoms with E-state index in [1.165, 1.54) is 6.07 Å². The summed E-state index contributed by atoms with van der Waals surface area (Å²) in [7, 11) is 0. The van der Waals surface area contributed by atoms with Gasteiger partial charge in [-0.1, -0.05) is 30.3 Å². The predicted molar refractivity (Wildman–Crippen MR) is 106 cm³/mol. The number of halogens is 1. The highest BCUT2D eigenvalue weighted by Gasteiger charge is 2.34. The average Bonchev–Trinajstić information content (AvgIpc) is 3.47. The number of fused-ring (bicyclic) bond motifs is 3. The van der Waals surface area contributed by atoms with Crippen molar-refractivity contribution in [2.75, 3.05) is 0 Å². The molecule has 4 aromatic rings. The van der Waals surface area contributed by atoms with E-state index in [-0.39, 0.29) is 23.0 Å². The summed E-state index contributed by atoms with van der Waals surface area (Å²) in [5.41, 5.74) is 1.83. The van der Waals surface area contributed by atoms with Gasteiger partial charge in [0.05, 0.1) is 6.54 Å². The second-order valence-electron chi connectivity index (χ2n) is 7.39. The van der Waals surface area contributed by atoms with Gasteiger partial charge in [-0.2, -0.15) is 0 Å². The summed E-state index contributed by atoms with van der Waals surface area (Å²) in [5, 5.41) is 0.824. The number of rotatable bonds is 5. The van der Waals surface area contributed by atoms with Gasteiger partial charge in [-0.25, -0.2) is 9.37 Å². The Kier molecular flexibility index (Phi) is 4.02. The summed E-state index contributed by atoms with van der Waals surface area (Å²) in [6.07, 6.45) is 2.14. The van der Waals surface area contributed by atoms with Crippen molar-refractivity contribution >= 4 is 22.1 Å². The molecular weight excluding hydrogens is 357 g/mol. The minimum Gasteiger partial charge on any atom is -0.449 e. The zero-order chi connectivity index (χ0) is 19.3. The van der Waals surface area contributed by atoms with E-state index in [4.69, 9.17) is 4.42 Å². The van der Waals surface area contributed by atoms with Crippen LogP contribution in [0.5, 0.6) is 0 Å². The number of benzene rings is 2. The van der Waals surface area contributed by atoms with Crippen LogP contribution in [0.2, 0.25) is 0 Å². The summed E-state index contributed by atoms with van der Waals surface area (Å²) >= 11 is 0. The van der Waals surface area contributed by atoms with Crippen LogP contribution in [0.15, 0.2) is 57.7 Å². The van der Waals surface area contributed by atoms with Crippen molar-refractivity contribution in [1.82, 2.24) is 14.9 Å². The molecule has 0 saturated heterocycles. The first-order valence-corrected chi connectivity index (χ1v) is 9.52. The number of H-pyrrole nitrogens is 1. The van der Waals surface area contributed by atoms with Crippen molar-refractivity contribution < 1.29 is 8.81 Å². The molecular formula is C22H20FN3O2. The van der Waals surface area contributed by atoms with E-state index in [1.807, 2.05) is 43.3 Å². The molecule has 0 bridgehead atoms. The molecule has 6 heteroatoms. The first-order chi connectivity index (χ1) is 13.6. The minimum absolute atomic E-state index is 0.115. The molecule has 142 valence electrons. The van der Waals surface area contributed by atoms with E-state index in [1.54, 1.807) is 6.07 Å². The van der Waals surface area contributed by atoms with Gasteiger partial charge in [0.2, 0.25) is 5.58 Å². The number of hydrogen-bond donors (Lipinski definition) is 1. The number of aromatic amines is 1. The molecule has 1 unspecified atom stereocenters. The molecule has 0 amide bonds. The van der Waals surface area contributed by atoms with Crippen LogP contribution in [-0.4, -0.2) is 20.9 Å². The molecule has 5 rings (SSSR count). The molecule has 1 aliphatic carbocycles. The highest BCUT2D eigenvalue weighted by atomic mass is 19.1. The second kappa shape index (κ2) is 6.56. The lowest BCUT2D eigenvalue weighted by molar-refractivity contribution is 0.182. The van der Waals surface area contributed by atoms with Gasteiger partial charge in [0.25, 0.3) is 5.56 Å². The van der Waals surface area contributed by atoms with E-state index < -0.39 is 0 Å². The number of hydrogen-bond acceptors (Lipinski definition) is 4. The van der Waals surface area contributed by atoms with E-state index in [0.29, 0.717) is 35.1 Å². The summed E-state index contributed by atoms with van der Waals surface area (Å²) in [5.74, 6) is 0.359. The summed E-state index contributed by atoms with van der Waals surface area (Å²) < 4.78 is 20.0. The molecule has 5 nitrogen and oxygen atoms in total. The number of aromatic nitrogens is 2. The third-order valence-electron chi connectivity index (χ3n) is 5.48. The lowest BCUT2D eigenvalue weighted by Crippen LogP contribution is -2.31. The molecule has 1 saturated carbocycles. The van der Waals surface area contributed by atoms with Gasteiger partial charge in [0.1, 0.15) is 22.7 Å². The number of nitrogens with one attached hydrogen (secondary N) is 1. The molecule has 2 heterocycles. The van der Waals surface area contributed by atoms with Crippen molar-refractivity contribution in [1.29, 1.82) is 0 Å². The Morgan fingerprint density at radius 3 is 2.75 bits per heavy atom. The monoisotopic (exact) mass is 377 g/mol. The second-order valence-corrected chi connectivity index (χ2v) is 7.39. The highest BCUT2D eigenvalue weighted by molar-refractivity contribution is 6.01. The van der Waals surface area contributed by atoms with Gasteiger partial charge in [-0.3, -0.25) is 9.69 Å². The van der Waals surface area contributed by atoms with Crippen LogP contribution in [-0.2, 0) is 6.54 Å². The van der Waals surface area contributed by atoms with E-state index in [9.17, 15) is 9.18 Å². The Balaban J connectivity index is 1.54. The standard InChI is InChI=1S/C22H20FN3O2/c1-13(15-6-2-4-8-17(15)23)26(14-10-11-14)12-19-24-20-16-7-3-5-9-18(16)28-21(20)22(27)25-19/h2-9,13-14H,10-12H2,1H3,(H,24,25,27). The van der Waals surface area contributed by atoms with Crippen molar-refractivity contribution in [2.45, 2.75) is 38.4 Å². The maximum absolute atomic E-state index is 14.3. The quantitative estimate of drug-likeness (QED) is 0.555. The zero-order valence-electron chi connectivity index (χ0n) is 15.5. The average molecular weight is 377 g/mol. The molecule has 2 aromatic heterocycles. The molecule has 0 aliphatic heterocycles. The van der Waals surface area contributed by atoms with Gasteiger partial charge >= 0.3 is 0 Å². The molecule has 2 aromatic carbocycles. The van der Waals surface area contributed by atoms with Gasteiger partial charge < -0.3 is 9.40 Å². The third kappa shape index (κ3) is 2.90. The lowest BCUT2D eigenvalue weighted by Gasteiger charge is -2.29. The highest BCUT2D eigenvalue weighted by Crippen LogP contribution is 2.36. The fourth-order valence-electron chi connectivity index (χ4n) is 3.88. The Morgan fingerprint density at radius 2 is 1.96 bits per heavy atom. The maximum atomic E-state index is 14.3. The normalized spacial score (nSPS) is 15.5. The number of para-hydroxylation sites is 1. The van der Waals surface area contributed by atoms with Crippen LogP contribution in [0.4, 0.5) is 4.39 Å². The SMILES string of the molecule is CC(c1ccccc1F)N(Cc1nc2c(oc3ccccc32)c(=O)[nH]1)C1CC1. The van der Waals surface area contributed by atoms with Gasteiger partial charge in [0, 0.05) is 23.0 Å². The van der Waals surface area contributed by atoms with Gasteiger partial charge in [-0.05, 0) is 38.0 Å². The molecule has 1 atom stereocenters. The Hall–Kier alpha value is -2.99. The van der Waals surface area contributed by atoms with E-state index in [2.05, 4.69) is 14.9 Å². The Labute approximate surface area is 160 Å². The smallest absolute Gasteiger partial charge is 0.294 e. The molecule has 0 radical (unpaired) electrons.